The molecule has 1 aromatic carbocycles. The smallest absolute Gasteiger partial charge is 0.331 e. The zero-order chi connectivity index (χ0) is 17.5. The summed E-state index contributed by atoms with van der Waals surface area (Å²) in [4.78, 5) is 13.0. The van der Waals surface area contributed by atoms with E-state index in [1.807, 2.05) is 19.1 Å². The molecule has 0 amide bonds. The van der Waals surface area contributed by atoms with Gasteiger partial charge in [-0.05, 0) is 61.8 Å². The van der Waals surface area contributed by atoms with Crippen molar-refractivity contribution in [2.75, 3.05) is 13.7 Å². The Kier molecular flexibility index (Phi) is 4.80. The lowest BCUT2D eigenvalue weighted by Gasteiger charge is -2.48. The summed E-state index contributed by atoms with van der Waals surface area (Å²) in [5.74, 6) is 0.0590. The van der Waals surface area contributed by atoms with E-state index in [0.29, 0.717) is 12.5 Å². The summed E-state index contributed by atoms with van der Waals surface area (Å²) in [5.41, 5.74) is 7.59. The number of ether oxygens (including phenoxy) is 2. The van der Waals surface area contributed by atoms with Crippen LogP contribution in [0.15, 0.2) is 22.7 Å². The second kappa shape index (κ2) is 6.43. The maximum absolute atomic E-state index is 13.0. The van der Waals surface area contributed by atoms with Gasteiger partial charge in [-0.1, -0.05) is 28.9 Å². The van der Waals surface area contributed by atoms with Crippen LogP contribution in [0.4, 0.5) is 0 Å². The van der Waals surface area contributed by atoms with Gasteiger partial charge in [0.25, 0.3) is 0 Å². The van der Waals surface area contributed by atoms with Crippen LogP contribution in [0.2, 0.25) is 0 Å². The van der Waals surface area contributed by atoms with Crippen molar-refractivity contribution in [2.24, 2.45) is 17.1 Å². The third kappa shape index (κ3) is 2.52. The van der Waals surface area contributed by atoms with Gasteiger partial charge in [0.2, 0.25) is 0 Å². The van der Waals surface area contributed by atoms with E-state index < -0.39 is 5.54 Å². The molecule has 24 heavy (non-hydrogen) atoms. The minimum atomic E-state index is -1.09. The molecule has 0 aromatic heterocycles. The Hall–Kier alpha value is -0.910. The van der Waals surface area contributed by atoms with Crippen LogP contribution in [0.5, 0.6) is 0 Å². The Labute approximate surface area is 152 Å². The van der Waals surface area contributed by atoms with E-state index in [1.54, 1.807) is 7.11 Å². The third-order valence-corrected chi connectivity index (χ3v) is 6.51. The molecule has 0 radical (unpaired) electrons. The van der Waals surface area contributed by atoms with Crippen LogP contribution in [0.1, 0.15) is 44.2 Å². The minimum Gasteiger partial charge on any atom is -0.464 e. The lowest BCUT2D eigenvalue weighted by atomic mass is 9.59. The predicted molar refractivity (Wildman–Crippen MR) is 96.6 cm³/mol. The SMILES string of the molecule is CCOC(=O)[C@]1(N)c2cc(Br)ccc2C[C@@]12CC[C@H](OC)[C@@H](C)C2. The van der Waals surface area contributed by atoms with E-state index in [9.17, 15) is 4.79 Å². The number of hydrogen-bond donors (Lipinski definition) is 1. The molecular formula is C19H26BrNO3. The molecule has 1 spiro atoms. The summed E-state index contributed by atoms with van der Waals surface area (Å²) in [5, 5.41) is 0. The fourth-order valence-corrected chi connectivity index (χ4v) is 5.21. The lowest BCUT2D eigenvalue weighted by molar-refractivity contribution is -0.159. The highest BCUT2D eigenvalue weighted by atomic mass is 79.9. The number of carbonyl (C=O) groups excluding carboxylic acids is 1. The van der Waals surface area contributed by atoms with Crippen LogP contribution in [0, 0.1) is 11.3 Å². The molecule has 1 aromatic rings. The van der Waals surface area contributed by atoms with Crippen LogP contribution in [-0.4, -0.2) is 25.8 Å². The second-order valence-electron chi connectivity index (χ2n) is 7.28. The molecule has 1 saturated carbocycles. The number of esters is 1. The van der Waals surface area contributed by atoms with Crippen molar-refractivity contribution in [3.63, 3.8) is 0 Å². The van der Waals surface area contributed by atoms with Crippen LogP contribution >= 0.6 is 15.9 Å². The van der Waals surface area contributed by atoms with Gasteiger partial charge in [-0.15, -0.1) is 0 Å². The Morgan fingerprint density at radius 3 is 2.83 bits per heavy atom. The van der Waals surface area contributed by atoms with Gasteiger partial charge in [-0.25, -0.2) is 4.79 Å². The van der Waals surface area contributed by atoms with E-state index in [4.69, 9.17) is 15.2 Å². The number of nitrogens with two attached hydrogens (primary N) is 1. The van der Waals surface area contributed by atoms with Crippen molar-refractivity contribution < 1.29 is 14.3 Å². The molecule has 0 heterocycles. The molecular weight excluding hydrogens is 370 g/mol. The molecule has 4 nitrogen and oxygen atoms in total. The summed E-state index contributed by atoms with van der Waals surface area (Å²) in [6, 6.07) is 6.10. The van der Waals surface area contributed by atoms with Gasteiger partial charge < -0.3 is 15.2 Å². The van der Waals surface area contributed by atoms with Crippen LogP contribution < -0.4 is 5.73 Å². The quantitative estimate of drug-likeness (QED) is 0.794. The highest BCUT2D eigenvalue weighted by Crippen LogP contribution is 2.58. The number of carbonyl (C=O) groups is 1. The van der Waals surface area contributed by atoms with Crippen molar-refractivity contribution in [2.45, 2.75) is 51.2 Å². The Morgan fingerprint density at radius 1 is 1.46 bits per heavy atom. The highest BCUT2D eigenvalue weighted by molar-refractivity contribution is 9.10. The number of fused-ring (bicyclic) bond motifs is 1. The van der Waals surface area contributed by atoms with Gasteiger partial charge >= 0.3 is 5.97 Å². The first kappa shape index (κ1) is 17.9. The van der Waals surface area contributed by atoms with E-state index >= 15 is 0 Å². The Balaban J connectivity index is 2.08. The first-order valence-corrected chi connectivity index (χ1v) is 9.45. The summed E-state index contributed by atoms with van der Waals surface area (Å²) < 4.78 is 12.0. The topological polar surface area (TPSA) is 61.5 Å². The largest absolute Gasteiger partial charge is 0.464 e. The highest BCUT2D eigenvalue weighted by Gasteiger charge is 2.62. The van der Waals surface area contributed by atoms with E-state index in [-0.39, 0.29) is 17.5 Å². The van der Waals surface area contributed by atoms with Crippen molar-refractivity contribution in [3.8, 4) is 0 Å². The van der Waals surface area contributed by atoms with E-state index in [1.165, 1.54) is 0 Å². The van der Waals surface area contributed by atoms with E-state index in [0.717, 1.165) is 41.3 Å². The van der Waals surface area contributed by atoms with Crippen molar-refractivity contribution >= 4 is 21.9 Å². The Bertz CT molecular complexity index is 649. The summed E-state index contributed by atoms with van der Waals surface area (Å²) in [6.07, 6.45) is 3.72. The maximum Gasteiger partial charge on any atom is 0.331 e. The predicted octanol–water partition coefficient (Wildman–Crippen LogP) is 3.54. The minimum absolute atomic E-state index is 0.234. The molecule has 132 valence electrons. The zero-order valence-electron chi connectivity index (χ0n) is 14.6. The van der Waals surface area contributed by atoms with Gasteiger partial charge in [0.05, 0.1) is 12.7 Å². The molecule has 1 fully saturated rings. The zero-order valence-corrected chi connectivity index (χ0v) is 16.2. The fraction of sp³-hybridized carbons (Fsp3) is 0.632. The maximum atomic E-state index is 13.0. The monoisotopic (exact) mass is 395 g/mol. The molecule has 2 aliphatic rings. The van der Waals surface area contributed by atoms with Gasteiger partial charge in [0.1, 0.15) is 5.54 Å². The van der Waals surface area contributed by atoms with Gasteiger partial charge in [-0.2, -0.15) is 0 Å². The second-order valence-corrected chi connectivity index (χ2v) is 8.20. The van der Waals surface area contributed by atoms with Crippen LogP contribution in [0.25, 0.3) is 0 Å². The first-order valence-electron chi connectivity index (χ1n) is 8.66. The molecule has 3 rings (SSSR count). The number of halogens is 1. The van der Waals surface area contributed by atoms with Crippen molar-refractivity contribution in [3.05, 3.63) is 33.8 Å². The van der Waals surface area contributed by atoms with Gasteiger partial charge in [0.15, 0.2) is 0 Å². The molecule has 2 aliphatic carbocycles. The molecule has 2 N–H and O–H groups in total. The molecule has 0 aliphatic heterocycles. The summed E-state index contributed by atoms with van der Waals surface area (Å²) in [6.45, 7) is 4.36. The van der Waals surface area contributed by atoms with Crippen LogP contribution in [0.3, 0.4) is 0 Å². The van der Waals surface area contributed by atoms with E-state index in [2.05, 4.69) is 28.9 Å². The Morgan fingerprint density at radius 2 is 2.21 bits per heavy atom. The lowest BCUT2D eigenvalue weighted by Crippen LogP contribution is -2.59. The molecule has 0 unspecified atom stereocenters. The average Bonchev–Trinajstić information content (AvgIpc) is 2.78. The van der Waals surface area contributed by atoms with Gasteiger partial charge in [-0.3, -0.25) is 0 Å². The third-order valence-electron chi connectivity index (χ3n) is 6.02. The molecule has 0 saturated heterocycles. The molecule has 4 atom stereocenters. The van der Waals surface area contributed by atoms with Gasteiger partial charge in [0, 0.05) is 17.0 Å². The van der Waals surface area contributed by atoms with Crippen molar-refractivity contribution in [1.29, 1.82) is 0 Å². The summed E-state index contributed by atoms with van der Waals surface area (Å²) in [7, 11) is 1.76. The number of rotatable bonds is 3. The number of methoxy groups -OCH3 is 1. The molecule has 0 bridgehead atoms. The summed E-state index contributed by atoms with van der Waals surface area (Å²) >= 11 is 3.52. The number of benzene rings is 1. The fourth-order valence-electron chi connectivity index (χ4n) is 4.85. The van der Waals surface area contributed by atoms with Crippen LogP contribution in [-0.2, 0) is 26.2 Å². The standard InChI is InChI=1S/C19H26BrNO3/c1-4-24-17(22)19(21)15-9-14(20)6-5-13(15)11-18(19)8-7-16(23-3)12(2)10-18/h5-6,9,12,16H,4,7-8,10-11,21H2,1-3H3/t12-,16-,18-,19+/m0/s1. The number of hydrogen-bond acceptors (Lipinski definition) is 4. The molecule has 5 heteroatoms. The normalized spacial score (nSPS) is 35.0. The average molecular weight is 396 g/mol. The van der Waals surface area contributed by atoms with Crippen molar-refractivity contribution in [1.82, 2.24) is 0 Å². The first-order chi connectivity index (χ1) is 11.4.